The molecule has 0 saturated carbocycles. The van der Waals surface area contributed by atoms with Crippen molar-refractivity contribution in [2.45, 2.75) is 51.1 Å². The molecule has 0 spiro atoms. The molecule has 14 heteroatoms. The Hall–Kier alpha value is -3.58. The predicted octanol–water partition coefficient (Wildman–Crippen LogP) is 6.31. The molecule has 1 fully saturated rings. The van der Waals surface area contributed by atoms with Crippen LogP contribution < -0.4 is 4.90 Å². The third-order valence-electron chi connectivity index (χ3n) is 6.72. The van der Waals surface area contributed by atoms with Crippen molar-refractivity contribution in [3.8, 4) is 0 Å². The van der Waals surface area contributed by atoms with E-state index in [4.69, 9.17) is 0 Å². The Morgan fingerprint density at radius 2 is 1.51 bits per heavy atom. The number of benzene rings is 1. The van der Waals surface area contributed by atoms with Crippen LogP contribution in [0.3, 0.4) is 0 Å². The number of alkyl halides is 6. The van der Waals surface area contributed by atoms with E-state index in [-0.39, 0.29) is 18.3 Å². The van der Waals surface area contributed by atoms with Crippen LogP contribution in [0.4, 0.5) is 46.0 Å². The Kier molecular flexibility index (Phi) is 7.83. The molecule has 1 aliphatic heterocycles. The summed E-state index contributed by atoms with van der Waals surface area (Å²) in [5.74, 6) is -1.43. The molecule has 1 aromatic carbocycles. The molecule has 3 rings (SSSR count). The predicted molar refractivity (Wildman–Crippen MR) is 127 cm³/mol. The Morgan fingerprint density at radius 3 is 1.92 bits per heavy atom. The lowest BCUT2D eigenvalue weighted by molar-refractivity contribution is -0.143. The highest BCUT2D eigenvalue weighted by Crippen LogP contribution is 2.43. The van der Waals surface area contributed by atoms with Crippen LogP contribution in [0.25, 0.3) is 0 Å². The number of likely N-dealkylation sites (N-methyl/N-ethyl adjacent to an activating group) is 1. The number of carboxylic acid groups (broad SMARTS) is 1. The fourth-order valence-electron chi connectivity index (χ4n) is 4.98. The molecular formula is C25H27F7N4O3. The first-order valence-electron chi connectivity index (χ1n) is 11.6. The van der Waals surface area contributed by atoms with Crippen molar-refractivity contribution in [3.63, 3.8) is 0 Å². The van der Waals surface area contributed by atoms with Crippen molar-refractivity contribution in [2.75, 3.05) is 25.5 Å². The van der Waals surface area contributed by atoms with Gasteiger partial charge >= 0.3 is 24.5 Å². The van der Waals surface area contributed by atoms with Gasteiger partial charge in [0, 0.05) is 37.9 Å². The second-order valence-corrected chi connectivity index (χ2v) is 10.5. The summed E-state index contributed by atoms with van der Waals surface area (Å²) in [6, 6.07) is 0.467. The average Bonchev–Trinajstić information content (AvgIpc) is 3.23. The van der Waals surface area contributed by atoms with Gasteiger partial charge in [-0.2, -0.15) is 26.3 Å². The van der Waals surface area contributed by atoms with Crippen LogP contribution in [0.1, 0.15) is 43.5 Å². The van der Waals surface area contributed by atoms with Crippen LogP contribution in [0.2, 0.25) is 0 Å². The number of likely N-dealkylation sites (tertiary alicyclic amines) is 1. The molecule has 0 bridgehead atoms. The molecule has 3 amide bonds. The molecule has 3 atom stereocenters. The Bertz CT molecular complexity index is 1190. The van der Waals surface area contributed by atoms with Crippen molar-refractivity contribution in [2.24, 2.45) is 5.41 Å². The van der Waals surface area contributed by atoms with Gasteiger partial charge in [0.2, 0.25) is 0 Å². The van der Waals surface area contributed by atoms with Gasteiger partial charge < -0.3 is 14.9 Å². The summed E-state index contributed by atoms with van der Waals surface area (Å²) in [6.07, 6.45) is -10.6. The van der Waals surface area contributed by atoms with Crippen molar-refractivity contribution in [1.82, 2.24) is 14.8 Å². The number of anilines is 1. The van der Waals surface area contributed by atoms with Crippen LogP contribution >= 0.6 is 0 Å². The first-order valence-corrected chi connectivity index (χ1v) is 11.6. The average molecular weight is 565 g/mol. The Morgan fingerprint density at radius 1 is 0.974 bits per heavy atom. The molecule has 1 aliphatic rings. The lowest BCUT2D eigenvalue weighted by atomic mass is 9.79. The van der Waals surface area contributed by atoms with E-state index in [9.17, 15) is 45.4 Å². The molecule has 1 N–H and O–H groups in total. The van der Waals surface area contributed by atoms with Crippen molar-refractivity contribution in [3.05, 3.63) is 59.2 Å². The number of hydrogen-bond donors (Lipinski definition) is 1. The number of nitrogens with zero attached hydrogens (tertiary/aromatic N) is 4. The minimum Gasteiger partial charge on any atom is -0.465 e. The van der Waals surface area contributed by atoms with E-state index in [0.717, 1.165) is 29.1 Å². The highest BCUT2D eigenvalue weighted by Gasteiger charge is 2.53. The van der Waals surface area contributed by atoms with Crippen LogP contribution in [0.15, 0.2) is 36.5 Å². The maximum Gasteiger partial charge on any atom is 0.416 e. The summed E-state index contributed by atoms with van der Waals surface area (Å²) in [5.41, 5.74) is -4.35. The third-order valence-corrected chi connectivity index (χ3v) is 6.72. The summed E-state index contributed by atoms with van der Waals surface area (Å²) in [7, 11) is 2.30. The molecule has 1 unspecified atom stereocenters. The Labute approximate surface area is 219 Å². The number of aromatic nitrogens is 1. The minimum atomic E-state index is -5.12. The Balaban J connectivity index is 2.10. The number of pyridine rings is 1. The SMILES string of the molecule is CN(C(=O)N(C)[C@@H]1C(C(C)(C)C)N(C(=O)O)C[C@H]1c1ccc(F)cn1)c1cc(C(F)(F)F)cc(C(F)(F)F)c1. The van der Waals surface area contributed by atoms with Crippen molar-refractivity contribution >= 4 is 17.8 Å². The molecular weight excluding hydrogens is 537 g/mol. The smallest absolute Gasteiger partial charge is 0.416 e. The normalized spacial score (nSPS) is 20.2. The van der Waals surface area contributed by atoms with Crippen molar-refractivity contribution < 1.29 is 45.4 Å². The molecule has 214 valence electrons. The van der Waals surface area contributed by atoms with Gasteiger partial charge in [0.1, 0.15) is 5.82 Å². The number of carbonyl (C=O) groups excluding carboxylic acids is 1. The van der Waals surface area contributed by atoms with E-state index in [1.807, 2.05) is 0 Å². The molecule has 2 heterocycles. The lowest BCUT2D eigenvalue weighted by Crippen LogP contribution is -2.56. The topological polar surface area (TPSA) is 77.0 Å². The van der Waals surface area contributed by atoms with Gasteiger partial charge in [0.15, 0.2) is 0 Å². The number of rotatable bonds is 3. The van der Waals surface area contributed by atoms with Crippen LogP contribution in [0, 0.1) is 11.2 Å². The van der Waals surface area contributed by atoms with E-state index >= 15 is 0 Å². The molecule has 39 heavy (non-hydrogen) atoms. The number of amides is 3. The van der Waals surface area contributed by atoms with Crippen LogP contribution in [-0.4, -0.2) is 64.7 Å². The largest absolute Gasteiger partial charge is 0.465 e. The highest BCUT2D eigenvalue weighted by molar-refractivity contribution is 5.92. The summed E-state index contributed by atoms with van der Waals surface area (Å²) in [6.45, 7) is 5.05. The summed E-state index contributed by atoms with van der Waals surface area (Å²) in [4.78, 5) is 32.6. The zero-order valence-electron chi connectivity index (χ0n) is 21.6. The minimum absolute atomic E-state index is 0.0426. The zero-order chi connectivity index (χ0) is 29.7. The third kappa shape index (κ3) is 6.19. The number of halogens is 7. The monoisotopic (exact) mass is 564 g/mol. The molecule has 1 saturated heterocycles. The second-order valence-electron chi connectivity index (χ2n) is 10.5. The highest BCUT2D eigenvalue weighted by atomic mass is 19.4. The van der Waals surface area contributed by atoms with E-state index in [2.05, 4.69) is 4.98 Å². The number of urea groups is 1. The second kappa shape index (κ2) is 10.2. The van der Waals surface area contributed by atoms with E-state index < -0.39 is 70.5 Å². The maximum absolute atomic E-state index is 13.6. The molecule has 1 aromatic heterocycles. The van der Waals surface area contributed by atoms with Gasteiger partial charge in [-0.1, -0.05) is 20.8 Å². The first kappa shape index (κ1) is 30.0. The maximum atomic E-state index is 13.6. The molecule has 0 radical (unpaired) electrons. The van der Waals surface area contributed by atoms with Gasteiger partial charge in [0.05, 0.1) is 29.4 Å². The lowest BCUT2D eigenvalue weighted by Gasteiger charge is -2.42. The fraction of sp³-hybridized carbons (Fsp3) is 0.480. The van der Waals surface area contributed by atoms with Crippen LogP contribution in [0.5, 0.6) is 0 Å². The molecule has 0 aliphatic carbocycles. The van der Waals surface area contributed by atoms with E-state index in [1.54, 1.807) is 20.8 Å². The van der Waals surface area contributed by atoms with E-state index in [1.165, 1.54) is 13.1 Å². The quantitative estimate of drug-likeness (QED) is 0.444. The number of carbonyl (C=O) groups is 2. The van der Waals surface area contributed by atoms with Crippen molar-refractivity contribution in [1.29, 1.82) is 0 Å². The zero-order valence-corrected chi connectivity index (χ0v) is 21.6. The number of hydrogen-bond acceptors (Lipinski definition) is 3. The summed E-state index contributed by atoms with van der Waals surface area (Å²) >= 11 is 0. The van der Waals surface area contributed by atoms with Gasteiger partial charge in [-0.25, -0.2) is 14.0 Å². The summed E-state index contributed by atoms with van der Waals surface area (Å²) in [5, 5.41) is 9.91. The summed E-state index contributed by atoms with van der Waals surface area (Å²) < 4.78 is 93.9. The van der Waals surface area contributed by atoms with Gasteiger partial charge in [-0.05, 0) is 35.7 Å². The molecule has 7 nitrogen and oxygen atoms in total. The van der Waals surface area contributed by atoms with E-state index in [0.29, 0.717) is 17.0 Å². The van der Waals surface area contributed by atoms with Gasteiger partial charge in [-0.15, -0.1) is 0 Å². The fourth-order valence-corrected chi connectivity index (χ4v) is 4.98. The van der Waals surface area contributed by atoms with Crippen LogP contribution in [-0.2, 0) is 12.4 Å². The standard InChI is InChI=1S/C25H27F7N4O3/c1-23(2,3)20-19(17(12-36(20)22(38)39)18-7-6-15(26)11-33-18)35(5)21(37)34(4)16-9-13(24(27,28)29)8-14(10-16)25(30,31)32/h6-11,17,19-20H,12H2,1-5H3,(H,38,39)/t17-,19-,20?/m0/s1. The van der Waals surface area contributed by atoms with Gasteiger partial charge in [0.25, 0.3) is 0 Å². The van der Waals surface area contributed by atoms with Gasteiger partial charge in [-0.3, -0.25) is 9.88 Å². The first-order chi connectivity index (χ1) is 17.7. The molecule has 2 aromatic rings.